The van der Waals surface area contributed by atoms with Crippen LogP contribution in [0.4, 0.5) is 0 Å². The van der Waals surface area contributed by atoms with E-state index >= 15 is 0 Å². The molecule has 0 aliphatic rings. The molecule has 1 unspecified atom stereocenters. The van der Waals surface area contributed by atoms with Gasteiger partial charge in [-0.1, -0.05) is 54.9 Å². The Morgan fingerprint density at radius 2 is 1.53 bits per heavy atom. The molecule has 2 heteroatoms. The number of rotatable bonds is 7. The quantitative estimate of drug-likeness (QED) is 0.469. The largest absolute Gasteiger partial charge is 0.465 e. The summed E-state index contributed by atoms with van der Waals surface area (Å²) in [7, 11) is 0. The predicted octanol–water partition coefficient (Wildman–Crippen LogP) is 5.21. The number of hydrogen-bond acceptors (Lipinski definition) is 2. The number of unbranched alkanes of at least 4 members (excludes halogenated alkanes) is 1. The van der Waals surface area contributed by atoms with Crippen LogP contribution < -0.4 is 0 Å². The van der Waals surface area contributed by atoms with E-state index in [0.717, 1.165) is 25.7 Å². The Balaban J connectivity index is 5.11. The maximum Gasteiger partial charge on any atom is 0.312 e. The summed E-state index contributed by atoms with van der Waals surface area (Å²) >= 11 is 0. The second-order valence-electron chi connectivity index (χ2n) is 7.80. The van der Waals surface area contributed by atoms with Crippen molar-refractivity contribution in [3.63, 3.8) is 0 Å². The Hall–Kier alpha value is -0.530. The molecule has 0 rings (SSSR count). The van der Waals surface area contributed by atoms with E-state index in [1.165, 1.54) is 0 Å². The molecule has 0 aromatic carbocycles. The smallest absolute Gasteiger partial charge is 0.312 e. The molecule has 0 aromatic rings. The molecule has 0 amide bonds. The average Bonchev–Trinajstić information content (AvgIpc) is 2.26. The van der Waals surface area contributed by atoms with Crippen molar-refractivity contribution >= 4 is 5.97 Å². The van der Waals surface area contributed by atoms with Gasteiger partial charge in [0.1, 0.15) is 0 Å². The molecule has 0 saturated carbocycles. The fourth-order valence-corrected chi connectivity index (χ4v) is 2.51. The van der Waals surface area contributed by atoms with Crippen molar-refractivity contribution in [1.29, 1.82) is 0 Å². The van der Waals surface area contributed by atoms with E-state index in [1.54, 1.807) is 0 Å². The summed E-state index contributed by atoms with van der Waals surface area (Å²) in [4.78, 5) is 12.6. The molecule has 0 fully saturated rings. The van der Waals surface area contributed by atoms with Crippen molar-refractivity contribution in [1.82, 2.24) is 0 Å². The molecular formula is C17H34O2. The van der Waals surface area contributed by atoms with Crippen LogP contribution in [0.1, 0.15) is 81.1 Å². The fourth-order valence-electron chi connectivity index (χ4n) is 2.51. The van der Waals surface area contributed by atoms with E-state index in [2.05, 4.69) is 55.4 Å². The summed E-state index contributed by atoms with van der Waals surface area (Å²) in [5.41, 5.74) is -0.359. The molecule has 0 aliphatic carbocycles. The molecule has 1 atom stereocenters. The van der Waals surface area contributed by atoms with Gasteiger partial charge in [0, 0.05) is 0 Å². The van der Waals surface area contributed by atoms with Crippen LogP contribution >= 0.6 is 0 Å². The van der Waals surface area contributed by atoms with Crippen molar-refractivity contribution < 1.29 is 9.53 Å². The minimum atomic E-state index is -0.423. The zero-order valence-electron chi connectivity index (χ0n) is 14.4. The van der Waals surface area contributed by atoms with Gasteiger partial charge in [-0.3, -0.25) is 4.79 Å². The second-order valence-corrected chi connectivity index (χ2v) is 7.80. The molecule has 0 aromatic heterocycles. The van der Waals surface area contributed by atoms with Gasteiger partial charge >= 0.3 is 5.97 Å². The van der Waals surface area contributed by atoms with E-state index in [1.807, 2.05) is 0 Å². The maximum atomic E-state index is 12.6. The standard InChI is InChI=1S/C17H34O2/c1-9-11-12-19-14(18)17(8,13-15(3,4)5)16(6,7)10-2/h9-13H2,1-8H3. The van der Waals surface area contributed by atoms with Gasteiger partial charge in [0.05, 0.1) is 12.0 Å². The van der Waals surface area contributed by atoms with E-state index in [-0.39, 0.29) is 16.8 Å². The summed E-state index contributed by atoms with van der Waals surface area (Å²) in [6.07, 6.45) is 3.83. The highest BCUT2D eigenvalue weighted by Crippen LogP contribution is 2.49. The van der Waals surface area contributed by atoms with Crippen LogP contribution in [-0.2, 0) is 9.53 Å². The fraction of sp³-hybridized carbons (Fsp3) is 0.941. The Kier molecular flexibility index (Phi) is 6.57. The van der Waals surface area contributed by atoms with Gasteiger partial charge in [-0.25, -0.2) is 0 Å². The van der Waals surface area contributed by atoms with Crippen molar-refractivity contribution in [3.8, 4) is 0 Å². The molecule has 0 saturated heterocycles. The second kappa shape index (κ2) is 6.76. The van der Waals surface area contributed by atoms with Crippen molar-refractivity contribution in [3.05, 3.63) is 0 Å². The number of ether oxygens (including phenoxy) is 1. The molecule has 0 N–H and O–H groups in total. The van der Waals surface area contributed by atoms with Crippen LogP contribution in [0.2, 0.25) is 0 Å². The predicted molar refractivity (Wildman–Crippen MR) is 82.1 cm³/mol. The van der Waals surface area contributed by atoms with Crippen molar-refractivity contribution in [2.75, 3.05) is 6.61 Å². The Labute approximate surface area is 120 Å². The van der Waals surface area contributed by atoms with Gasteiger partial charge < -0.3 is 4.74 Å². The van der Waals surface area contributed by atoms with E-state index in [0.29, 0.717) is 6.61 Å². The van der Waals surface area contributed by atoms with E-state index < -0.39 is 5.41 Å². The van der Waals surface area contributed by atoms with Crippen LogP contribution in [-0.4, -0.2) is 12.6 Å². The van der Waals surface area contributed by atoms with Crippen LogP contribution in [0.5, 0.6) is 0 Å². The van der Waals surface area contributed by atoms with Crippen molar-refractivity contribution in [2.45, 2.75) is 81.1 Å². The van der Waals surface area contributed by atoms with Gasteiger partial charge in [0.25, 0.3) is 0 Å². The summed E-state index contributed by atoms with van der Waals surface area (Å²) in [6.45, 7) is 17.8. The highest BCUT2D eigenvalue weighted by Gasteiger charge is 2.49. The number of esters is 1. The minimum Gasteiger partial charge on any atom is -0.465 e. The molecule has 19 heavy (non-hydrogen) atoms. The highest BCUT2D eigenvalue weighted by atomic mass is 16.5. The first-order valence-corrected chi connectivity index (χ1v) is 7.67. The highest BCUT2D eigenvalue weighted by molar-refractivity contribution is 5.77. The van der Waals surface area contributed by atoms with Gasteiger partial charge in [-0.15, -0.1) is 0 Å². The minimum absolute atomic E-state index is 0.0253. The van der Waals surface area contributed by atoms with Crippen LogP contribution in [0.15, 0.2) is 0 Å². The number of carbonyl (C=O) groups excluding carboxylic acids is 1. The van der Waals surface area contributed by atoms with E-state index in [9.17, 15) is 4.79 Å². The normalized spacial score (nSPS) is 16.0. The van der Waals surface area contributed by atoms with Gasteiger partial charge in [0.2, 0.25) is 0 Å². The Morgan fingerprint density at radius 3 is 1.89 bits per heavy atom. The molecular weight excluding hydrogens is 236 g/mol. The Bertz CT molecular complexity index is 286. The third kappa shape index (κ3) is 5.16. The zero-order chi connectivity index (χ0) is 15.3. The van der Waals surface area contributed by atoms with E-state index in [4.69, 9.17) is 4.74 Å². The SMILES string of the molecule is CCCCOC(=O)C(C)(CC(C)(C)C)C(C)(C)CC. The van der Waals surface area contributed by atoms with Crippen LogP contribution in [0, 0.1) is 16.2 Å². The first-order valence-electron chi connectivity index (χ1n) is 7.67. The van der Waals surface area contributed by atoms with Crippen LogP contribution in [0.25, 0.3) is 0 Å². The first kappa shape index (κ1) is 18.5. The lowest BCUT2D eigenvalue weighted by Gasteiger charge is -2.45. The number of hydrogen-bond donors (Lipinski definition) is 0. The van der Waals surface area contributed by atoms with Crippen molar-refractivity contribution in [2.24, 2.45) is 16.2 Å². The summed E-state index contributed by atoms with van der Waals surface area (Å²) in [5, 5.41) is 0. The first-order chi connectivity index (χ1) is 8.50. The molecule has 0 radical (unpaired) electrons. The maximum absolute atomic E-state index is 12.6. The molecule has 0 heterocycles. The lowest BCUT2D eigenvalue weighted by Crippen LogP contribution is -2.45. The van der Waals surface area contributed by atoms with Gasteiger partial charge in [-0.05, 0) is 37.0 Å². The topological polar surface area (TPSA) is 26.3 Å². The van der Waals surface area contributed by atoms with Gasteiger partial charge in [0.15, 0.2) is 0 Å². The number of carbonyl (C=O) groups is 1. The zero-order valence-corrected chi connectivity index (χ0v) is 14.4. The molecule has 0 aliphatic heterocycles. The summed E-state index contributed by atoms with van der Waals surface area (Å²) in [5.74, 6) is -0.0253. The third-order valence-corrected chi connectivity index (χ3v) is 4.44. The summed E-state index contributed by atoms with van der Waals surface area (Å²) < 4.78 is 5.54. The molecule has 2 nitrogen and oxygen atoms in total. The van der Waals surface area contributed by atoms with Gasteiger partial charge in [-0.2, -0.15) is 0 Å². The molecule has 0 bridgehead atoms. The molecule has 114 valence electrons. The summed E-state index contributed by atoms with van der Waals surface area (Å²) in [6, 6.07) is 0. The monoisotopic (exact) mass is 270 g/mol. The lowest BCUT2D eigenvalue weighted by atomic mass is 9.59. The van der Waals surface area contributed by atoms with Crippen LogP contribution in [0.3, 0.4) is 0 Å². The third-order valence-electron chi connectivity index (χ3n) is 4.44. The lowest BCUT2D eigenvalue weighted by molar-refractivity contribution is -0.166. The Morgan fingerprint density at radius 1 is 1.00 bits per heavy atom. The molecule has 0 spiro atoms. The average molecular weight is 270 g/mol.